The van der Waals surface area contributed by atoms with E-state index >= 15 is 0 Å². The summed E-state index contributed by atoms with van der Waals surface area (Å²) in [5.41, 5.74) is 0. The minimum absolute atomic E-state index is 0.151. The van der Waals surface area contributed by atoms with E-state index < -0.39 is 24.3 Å². The van der Waals surface area contributed by atoms with Gasteiger partial charge in [0.2, 0.25) is 0 Å². The predicted molar refractivity (Wildman–Crippen MR) is 306 cm³/mol. The zero-order valence-corrected chi connectivity index (χ0v) is 49.0. The summed E-state index contributed by atoms with van der Waals surface area (Å²) in [7, 11) is 5.92. The van der Waals surface area contributed by atoms with Crippen molar-refractivity contribution >= 4 is 17.9 Å². The molecule has 0 fully saturated rings. The third-order valence-electron chi connectivity index (χ3n) is 14.2. The number of aliphatic carboxylic acids is 1. The number of esters is 2. The van der Waals surface area contributed by atoms with Gasteiger partial charge in [-0.05, 0) is 44.9 Å². The number of hydrogen-bond donors (Lipinski definition) is 0. The van der Waals surface area contributed by atoms with Gasteiger partial charge < -0.3 is 33.3 Å². The average Bonchev–Trinajstić information content (AvgIpc) is 3.36. The van der Waals surface area contributed by atoms with Crippen LogP contribution in [0.3, 0.4) is 0 Å². The number of nitrogens with zero attached hydrogens (tertiary/aromatic N) is 1. The summed E-state index contributed by atoms with van der Waals surface area (Å²) in [5.74, 6) is -2.27. The maximum absolute atomic E-state index is 12.8. The van der Waals surface area contributed by atoms with Crippen molar-refractivity contribution in [1.82, 2.24) is 0 Å². The molecule has 0 aromatic heterocycles. The van der Waals surface area contributed by atoms with Gasteiger partial charge in [0.1, 0.15) is 13.2 Å². The van der Waals surface area contributed by atoms with Crippen LogP contribution >= 0.6 is 0 Å². The molecular formula is C64H121NO8. The first-order valence-corrected chi connectivity index (χ1v) is 31.5. The second-order valence-electron chi connectivity index (χ2n) is 22.7. The summed E-state index contributed by atoms with van der Waals surface area (Å²) in [5, 5.41) is 11.7. The van der Waals surface area contributed by atoms with E-state index in [1.54, 1.807) is 0 Å². The van der Waals surface area contributed by atoms with E-state index in [4.69, 9.17) is 18.9 Å². The maximum Gasteiger partial charge on any atom is 0.306 e. The monoisotopic (exact) mass is 1030 g/mol. The molecule has 73 heavy (non-hydrogen) atoms. The molecule has 0 saturated heterocycles. The highest BCUT2D eigenvalue weighted by Gasteiger charge is 2.22. The van der Waals surface area contributed by atoms with E-state index in [2.05, 4.69) is 38.2 Å². The van der Waals surface area contributed by atoms with Crippen LogP contribution in [0.5, 0.6) is 0 Å². The van der Waals surface area contributed by atoms with Crippen LogP contribution in [0.2, 0.25) is 0 Å². The largest absolute Gasteiger partial charge is 0.545 e. The van der Waals surface area contributed by atoms with E-state index in [1.165, 1.54) is 238 Å². The summed E-state index contributed by atoms with van der Waals surface area (Å²) in [6, 6.07) is 0. The molecule has 2 atom stereocenters. The first-order valence-electron chi connectivity index (χ1n) is 31.5. The van der Waals surface area contributed by atoms with E-state index in [0.29, 0.717) is 17.4 Å². The van der Waals surface area contributed by atoms with Gasteiger partial charge in [-0.2, -0.15) is 0 Å². The highest BCUT2D eigenvalue weighted by Crippen LogP contribution is 2.18. The lowest BCUT2D eigenvalue weighted by Gasteiger charge is -2.26. The standard InChI is InChI=1S/C64H121NO8/c1-6-8-10-12-14-15-16-17-18-19-20-21-22-23-24-25-26-27-28-29-30-31-32-33-34-35-36-37-38-39-40-41-42-43-44-45-46-47-49-51-53-55-62(67)73-60(58-71-61(66)54-52-50-48-13-11-9-7-2)59-72-64(63(68)69)70-57-56-65(3,4)5/h16-17,19-20,60,64H,6-15,18,21-59H2,1-5H3/b17-16-,20-19-. The fraction of sp³-hybridized carbons (Fsp3) is 0.891. The topological polar surface area (TPSA) is 111 Å². The van der Waals surface area contributed by atoms with Crippen LogP contribution in [0.15, 0.2) is 24.3 Å². The molecule has 0 aliphatic heterocycles. The predicted octanol–water partition coefficient (Wildman–Crippen LogP) is 17.4. The first kappa shape index (κ1) is 70.8. The Kier molecular flexibility index (Phi) is 54.3. The van der Waals surface area contributed by atoms with Crippen molar-refractivity contribution in [2.45, 2.75) is 322 Å². The fourth-order valence-electron chi connectivity index (χ4n) is 9.33. The van der Waals surface area contributed by atoms with E-state index in [9.17, 15) is 19.5 Å². The van der Waals surface area contributed by atoms with Crippen LogP contribution in [0, 0.1) is 0 Å². The number of ether oxygens (including phenoxy) is 4. The summed E-state index contributed by atoms with van der Waals surface area (Å²) in [6.07, 6.45) is 64.6. The van der Waals surface area contributed by atoms with Crippen molar-refractivity contribution in [1.29, 1.82) is 0 Å². The molecule has 0 aliphatic carbocycles. The number of carbonyl (C=O) groups is 3. The number of carboxylic acids is 1. The second-order valence-corrected chi connectivity index (χ2v) is 22.7. The van der Waals surface area contributed by atoms with Gasteiger partial charge in [-0.3, -0.25) is 9.59 Å². The molecule has 0 bridgehead atoms. The molecule has 0 aliphatic rings. The Morgan fingerprint density at radius 1 is 0.411 bits per heavy atom. The van der Waals surface area contributed by atoms with Crippen molar-refractivity contribution in [3.63, 3.8) is 0 Å². The van der Waals surface area contributed by atoms with Gasteiger partial charge in [0.25, 0.3) is 0 Å². The number of carbonyl (C=O) groups excluding carboxylic acids is 3. The molecule has 0 spiro atoms. The summed E-state index contributed by atoms with van der Waals surface area (Å²) >= 11 is 0. The molecular weight excluding hydrogens is 911 g/mol. The Labute approximate surface area is 452 Å². The Hall–Kier alpha value is -2.23. The van der Waals surface area contributed by atoms with Gasteiger partial charge in [0.05, 0.1) is 40.3 Å². The summed E-state index contributed by atoms with van der Waals surface area (Å²) in [6.45, 7) is 4.72. The number of quaternary nitrogens is 1. The van der Waals surface area contributed by atoms with Gasteiger partial charge in [-0.25, -0.2) is 0 Å². The fourth-order valence-corrected chi connectivity index (χ4v) is 9.33. The van der Waals surface area contributed by atoms with Crippen molar-refractivity contribution < 1.29 is 42.9 Å². The van der Waals surface area contributed by atoms with E-state index in [1.807, 2.05) is 21.1 Å². The summed E-state index contributed by atoms with van der Waals surface area (Å²) in [4.78, 5) is 37.0. The lowest BCUT2D eigenvalue weighted by Crippen LogP contribution is -2.44. The SMILES string of the molecule is CCCCCCC/C=C\C/C=C\CCCCCCCCCCCCCCCCCCCCCCCCCCCCCCCC(=O)OC(COC(=O)CCCCCCCCC)COC(OCC[N+](C)(C)C)C(=O)[O-]. The van der Waals surface area contributed by atoms with E-state index in [-0.39, 0.29) is 32.2 Å². The molecule has 9 heteroatoms. The Balaban J connectivity index is 3.76. The Bertz CT molecular complexity index is 1250. The van der Waals surface area contributed by atoms with Crippen LogP contribution in [0.4, 0.5) is 0 Å². The normalized spacial score (nSPS) is 12.8. The highest BCUT2D eigenvalue weighted by atomic mass is 16.7. The average molecular weight is 1030 g/mol. The van der Waals surface area contributed by atoms with E-state index in [0.717, 1.165) is 44.9 Å². The second kappa shape index (κ2) is 56.0. The quantitative estimate of drug-likeness (QED) is 0.0195. The minimum Gasteiger partial charge on any atom is -0.545 e. The molecule has 9 nitrogen and oxygen atoms in total. The smallest absolute Gasteiger partial charge is 0.306 e. The van der Waals surface area contributed by atoms with Gasteiger partial charge in [0.15, 0.2) is 12.4 Å². The van der Waals surface area contributed by atoms with Crippen LogP contribution in [0.25, 0.3) is 0 Å². The first-order chi connectivity index (χ1) is 35.6. The van der Waals surface area contributed by atoms with Crippen LogP contribution in [0.1, 0.15) is 309 Å². The molecule has 0 radical (unpaired) electrons. The van der Waals surface area contributed by atoms with Gasteiger partial charge >= 0.3 is 11.9 Å². The molecule has 0 heterocycles. The lowest BCUT2D eigenvalue weighted by molar-refractivity contribution is -0.870. The van der Waals surface area contributed by atoms with Gasteiger partial charge in [-0.1, -0.05) is 276 Å². The zero-order valence-electron chi connectivity index (χ0n) is 49.0. The Morgan fingerprint density at radius 3 is 1.08 bits per heavy atom. The minimum atomic E-state index is -1.61. The Morgan fingerprint density at radius 2 is 0.740 bits per heavy atom. The number of carboxylic acid groups (broad SMARTS) is 1. The highest BCUT2D eigenvalue weighted by molar-refractivity contribution is 5.70. The van der Waals surface area contributed by atoms with Crippen molar-refractivity contribution in [2.75, 3.05) is 47.5 Å². The third kappa shape index (κ3) is 57.3. The lowest BCUT2D eigenvalue weighted by atomic mass is 10.0. The zero-order chi connectivity index (χ0) is 53.4. The maximum atomic E-state index is 12.8. The molecule has 0 rings (SSSR count). The van der Waals surface area contributed by atoms with Crippen LogP contribution < -0.4 is 5.11 Å². The molecule has 0 aromatic rings. The number of rotatable bonds is 59. The van der Waals surface area contributed by atoms with Crippen LogP contribution in [-0.4, -0.2) is 82.3 Å². The number of likely N-dealkylation sites (N-methyl/N-ethyl adjacent to an activating group) is 1. The number of hydrogen-bond acceptors (Lipinski definition) is 8. The number of unbranched alkanes of at least 4 members (excludes halogenated alkanes) is 40. The molecule has 0 aromatic carbocycles. The van der Waals surface area contributed by atoms with Crippen molar-refractivity contribution in [3.05, 3.63) is 24.3 Å². The molecule has 2 unspecified atom stereocenters. The molecule has 430 valence electrons. The molecule has 0 saturated carbocycles. The van der Waals surface area contributed by atoms with Gasteiger partial charge in [-0.15, -0.1) is 0 Å². The number of allylic oxidation sites excluding steroid dienone is 4. The van der Waals surface area contributed by atoms with Crippen molar-refractivity contribution in [3.8, 4) is 0 Å². The van der Waals surface area contributed by atoms with Crippen molar-refractivity contribution in [2.24, 2.45) is 0 Å². The third-order valence-corrected chi connectivity index (χ3v) is 14.2. The summed E-state index contributed by atoms with van der Waals surface area (Å²) < 4.78 is 22.6. The molecule has 0 amide bonds. The van der Waals surface area contributed by atoms with Gasteiger partial charge in [0, 0.05) is 12.8 Å². The molecule has 0 N–H and O–H groups in total. The van der Waals surface area contributed by atoms with Crippen LogP contribution in [-0.2, 0) is 33.3 Å².